The molecule has 0 saturated heterocycles. The molecule has 0 radical (unpaired) electrons. The first-order valence-electron chi connectivity index (χ1n) is 8.45. The van der Waals surface area contributed by atoms with Gasteiger partial charge < -0.3 is 10.2 Å². The Morgan fingerprint density at radius 1 is 0.840 bits per heavy atom. The summed E-state index contributed by atoms with van der Waals surface area (Å²) < 4.78 is 0. The van der Waals surface area contributed by atoms with Crippen molar-refractivity contribution in [2.75, 3.05) is 5.32 Å². The molecule has 0 saturated carbocycles. The van der Waals surface area contributed by atoms with Gasteiger partial charge in [0.15, 0.2) is 5.11 Å². The lowest BCUT2D eigenvalue weighted by Gasteiger charge is -2.32. The second kappa shape index (κ2) is 8.45. The van der Waals surface area contributed by atoms with Crippen LogP contribution >= 0.6 is 12.2 Å². The first kappa shape index (κ1) is 17.2. The van der Waals surface area contributed by atoms with Crippen molar-refractivity contribution in [3.63, 3.8) is 0 Å². The maximum atomic E-state index is 5.75. The van der Waals surface area contributed by atoms with Gasteiger partial charge in [0, 0.05) is 12.2 Å². The van der Waals surface area contributed by atoms with Crippen LogP contribution < -0.4 is 5.32 Å². The fourth-order valence-corrected chi connectivity index (χ4v) is 3.13. The number of thiocarbonyl (C=S) groups is 1. The van der Waals surface area contributed by atoms with Gasteiger partial charge >= 0.3 is 0 Å². The third-order valence-corrected chi connectivity index (χ3v) is 4.57. The normalized spacial score (nSPS) is 11.6. The Hall–Kier alpha value is -2.65. The second-order valence-electron chi connectivity index (χ2n) is 6.00. The largest absolute Gasteiger partial charge is 0.338 e. The standard InChI is InChI=1S/C22H22N2S/c1-18(20-13-7-3-8-14-20)24(17-19-11-5-2-6-12-19)22(25)23-21-15-9-4-10-16-21/h2-16,18H,17H2,1H3,(H,23,25). The average Bonchev–Trinajstić information content (AvgIpc) is 2.68. The first-order valence-corrected chi connectivity index (χ1v) is 8.86. The molecule has 0 heterocycles. The van der Waals surface area contributed by atoms with Gasteiger partial charge in [-0.15, -0.1) is 0 Å². The smallest absolute Gasteiger partial charge is 0.174 e. The molecule has 3 heteroatoms. The van der Waals surface area contributed by atoms with Gasteiger partial charge in [-0.05, 0) is 42.4 Å². The average molecular weight is 346 g/mol. The minimum atomic E-state index is 0.171. The third kappa shape index (κ3) is 4.68. The lowest BCUT2D eigenvalue weighted by molar-refractivity contribution is 0.334. The van der Waals surface area contributed by atoms with E-state index in [9.17, 15) is 0 Å². The quantitative estimate of drug-likeness (QED) is 0.601. The van der Waals surface area contributed by atoms with Crippen LogP contribution in [0.4, 0.5) is 5.69 Å². The molecular weight excluding hydrogens is 324 g/mol. The van der Waals surface area contributed by atoms with Gasteiger partial charge in [0.1, 0.15) is 0 Å². The van der Waals surface area contributed by atoms with Gasteiger partial charge in [-0.25, -0.2) is 0 Å². The van der Waals surface area contributed by atoms with Crippen LogP contribution in [0.1, 0.15) is 24.1 Å². The highest BCUT2D eigenvalue weighted by Gasteiger charge is 2.19. The summed E-state index contributed by atoms with van der Waals surface area (Å²) in [6, 6.07) is 31.2. The molecular formula is C22H22N2S. The molecule has 1 N–H and O–H groups in total. The predicted molar refractivity (Wildman–Crippen MR) is 110 cm³/mol. The van der Waals surface area contributed by atoms with Crippen LogP contribution in [-0.2, 0) is 6.54 Å². The SMILES string of the molecule is CC(c1ccccc1)N(Cc1ccccc1)C(=S)Nc1ccccc1. The van der Waals surface area contributed by atoms with Crippen molar-refractivity contribution in [2.45, 2.75) is 19.5 Å². The lowest BCUT2D eigenvalue weighted by atomic mass is 10.1. The van der Waals surface area contributed by atoms with E-state index in [1.165, 1.54) is 11.1 Å². The zero-order valence-electron chi connectivity index (χ0n) is 14.3. The molecule has 0 spiro atoms. The van der Waals surface area contributed by atoms with Crippen molar-refractivity contribution in [2.24, 2.45) is 0 Å². The van der Waals surface area contributed by atoms with Crippen molar-refractivity contribution in [1.82, 2.24) is 4.90 Å². The fraction of sp³-hybridized carbons (Fsp3) is 0.136. The highest BCUT2D eigenvalue weighted by Crippen LogP contribution is 2.23. The topological polar surface area (TPSA) is 15.3 Å². The summed E-state index contributed by atoms with van der Waals surface area (Å²) in [5.74, 6) is 0. The molecule has 25 heavy (non-hydrogen) atoms. The number of benzene rings is 3. The van der Waals surface area contributed by atoms with E-state index in [1.807, 2.05) is 42.5 Å². The van der Waals surface area contributed by atoms with Gasteiger partial charge in [-0.1, -0.05) is 78.9 Å². The van der Waals surface area contributed by atoms with E-state index in [0.29, 0.717) is 0 Å². The summed E-state index contributed by atoms with van der Waals surface area (Å²) in [7, 11) is 0. The summed E-state index contributed by atoms with van der Waals surface area (Å²) in [4.78, 5) is 2.23. The Labute approximate surface area is 155 Å². The van der Waals surface area contributed by atoms with E-state index in [-0.39, 0.29) is 6.04 Å². The lowest BCUT2D eigenvalue weighted by Crippen LogP contribution is -2.36. The molecule has 1 atom stereocenters. The van der Waals surface area contributed by atoms with Gasteiger partial charge in [-0.2, -0.15) is 0 Å². The molecule has 3 rings (SSSR count). The van der Waals surface area contributed by atoms with Gasteiger partial charge in [0.2, 0.25) is 0 Å². The Balaban J connectivity index is 1.84. The maximum absolute atomic E-state index is 5.75. The highest BCUT2D eigenvalue weighted by atomic mass is 32.1. The van der Waals surface area contributed by atoms with Crippen LogP contribution in [0, 0.1) is 0 Å². The molecule has 0 amide bonds. The number of hydrogen-bond donors (Lipinski definition) is 1. The van der Waals surface area contributed by atoms with E-state index in [2.05, 4.69) is 65.7 Å². The number of nitrogens with zero attached hydrogens (tertiary/aromatic N) is 1. The van der Waals surface area contributed by atoms with E-state index in [0.717, 1.165) is 17.3 Å². The van der Waals surface area contributed by atoms with Crippen molar-refractivity contribution >= 4 is 23.0 Å². The molecule has 0 aliphatic heterocycles. The number of para-hydroxylation sites is 1. The fourth-order valence-electron chi connectivity index (χ4n) is 2.79. The molecule has 0 aliphatic rings. The molecule has 2 nitrogen and oxygen atoms in total. The third-order valence-electron chi connectivity index (χ3n) is 4.23. The molecule has 0 bridgehead atoms. The van der Waals surface area contributed by atoms with Crippen LogP contribution in [0.2, 0.25) is 0 Å². The first-order chi connectivity index (χ1) is 12.2. The molecule has 0 aromatic heterocycles. The molecule has 1 unspecified atom stereocenters. The van der Waals surface area contributed by atoms with Gasteiger partial charge in [-0.3, -0.25) is 0 Å². The van der Waals surface area contributed by atoms with E-state index < -0.39 is 0 Å². The number of rotatable bonds is 5. The Morgan fingerprint density at radius 2 is 1.36 bits per heavy atom. The van der Waals surface area contributed by atoms with Crippen LogP contribution in [0.25, 0.3) is 0 Å². The van der Waals surface area contributed by atoms with Crippen LogP contribution in [0.5, 0.6) is 0 Å². The van der Waals surface area contributed by atoms with E-state index in [4.69, 9.17) is 12.2 Å². The summed E-state index contributed by atoms with van der Waals surface area (Å²) in [6.45, 7) is 2.95. The zero-order chi connectivity index (χ0) is 17.5. The monoisotopic (exact) mass is 346 g/mol. The van der Waals surface area contributed by atoms with Crippen molar-refractivity contribution < 1.29 is 0 Å². The minimum absolute atomic E-state index is 0.171. The molecule has 3 aromatic carbocycles. The van der Waals surface area contributed by atoms with E-state index in [1.54, 1.807) is 0 Å². The second-order valence-corrected chi connectivity index (χ2v) is 6.38. The summed E-state index contributed by atoms with van der Waals surface area (Å²) in [6.07, 6.45) is 0. The molecule has 0 fully saturated rings. The number of nitrogens with one attached hydrogen (secondary N) is 1. The molecule has 3 aromatic rings. The zero-order valence-corrected chi connectivity index (χ0v) is 15.1. The Bertz CT molecular complexity index is 788. The van der Waals surface area contributed by atoms with Crippen molar-refractivity contribution in [3.05, 3.63) is 102 Å². The molecule has 0 aliphatic carbocycles. The predicted octanol–water partition coefficient (Wildman–Crippen LogP) is 5.65. The highest BCUT2D eigenvalue weighted by molar-refractivity contribution is 7.80. The summed E-state index contributed by atoms with van der Waals surface area (Å²) >= 11 is 5.75. The van der Waals surface area contributed by atoms with Gasteiger partial charge in [0.25, 0.3) is 0 Å². The summed E-state index contributed by atoms with van der Waals surface area (Å²) in [5.41, 5.74) is 3.49. The van der Waals surface area contributed by atoms with E-state index >= 15 is 0 Å². The van der Waals surface area contributed by atoms with Gasteiger partial charge in [0.05, 0.1) is 6.04 Å². The maximum Gasteiger partial charge on any atom is 0.174 e. The van der Waals surface area contributed by atoms with Crippen molar-refractivity contribution in [3.8, 4) is 0 Å². The van der Waals surface area contributed by atoms with Crippen molar-refractivity contribution in [1.29, 1.82) is 0 Å². The number of anilines is 1. The number of hydrogen-bond acceptors (Lipinski definition) is 1. The Kier molecular flexibility index (Phi) is 5.81. The van der Waals surface area contributed by atoms with Crippen LogP contribution in [0.3, 0.4) is 0 Å². The minimum Gasteiger partial charge on any atom is -0.338 e. The van der Waals surface area contributed by atoms with Crippen LogP contribution in [0.15, 0.2) is 91.0 Å². The summed E-state index contributed by atoms with van der Waals surface area (Å²) in [5, 5.41) is 4.10. The Morgan fingerprint density at radius 3 is 1.96 bits per heavy atom. The molecule has 126 valence electrons. The van der Waals surface area contributed by atoms with Crippen LogP contribution in [-0.4, -0.2) is 10.0 Å².